The van der Waals surface area contributed by atoms with Crippen molar-refractivity contribution in [1.82, 2.24) is 0 Å². The number of nitrogens with one attached hydrogen (secondary N) is 1. The first-order valence-electron chi connectivity index (χ1n) is 10.7. The van der Waals surface area contributed by atoms with Gasteiger partial charge in [-0.15, -0.1) is 0 Å². The lowest BCUT2D eigenvalue weighted by atomic mass is 10.1. The van der Waals surface area contributed by atoms with E-state index in [4.69, 9.17) is 4.74 Å². The fourth-order valence-electron chi connectivity index (χ4n) is 4.35. The molecule has 0 radical (unpaired) electrons. The van der Waals surface area contributed by atoms with E-state index in [1.165, 1.54) is 19.3 Å². The molecule has 1 N–H and O–H groups in total. The van der Waals surface area contributed by atoms with Crippen LogP contribution in [0.5, 0.6) is 5.75 Å². The first-order chi connectivity index (χ1) is 14.6. The zero-order valence-corrected chi connectivity index (χ0v) is 17.7. The maximum absolute atomic E-state index is 13.1. The molecule has 0 aromatic heterocycles. The Kier molecular flexibility index (Phi) is 5.93. The molecule has 6 heteroatoms. The van der Waals surface area contributed by atoms with Crippen molar-refractivity contribution < 1.29 is 14.3 Å². The SMILES string of the molecule is COc1ccc(C)cc1N1C[C@@H](C(=O)Nc2ccccc2N2CCCCC2)CC1=O. The molecular formula is C24H29N3O3. The monoisotopic (exact) mass is 407 g/mol. The van der Waals surface area contributed by atoms with Crippen LogP contribution in [0.25, 0.3) is 0 Å². The number of carbonyl (C=O) groups excluding carboxylic acids is 2. The van der Waals surface area contributed by atoms with E-state index in [-0.39, 0.29) is 18.2 Å². The Hall–Kier alpha value is -3.02. The van der Waals surface area contributed by atoms with Gasteiger partial charge in [0.2, 0.25) is 11.8 Å². The predicted molar refractivity (Wildman–Crippen MR) is 119 cm³/mol. The van der Waals surface area contributed by atoms with E-state index in [0.29, 0.717) is 12.3 Å². The minimum absolute atomic E-state index is 0.0524. The van der Waals surface area contributed by atoms with Crippen molar-refractivity contribution in [3.63, 3.8) is 0 Å². The van der Waals surface area contributed by atoms with Gasteiger partial charge in [-0.05, 0) is 56.0 Å². The molecule has 2 aliphatic rings. The van der Waals surface area contributed by atoms with E-state index >= 15 is 0 Å². The number of ether oxygens (including phenoxy) is 1. The lowest BCUT2D eigenvalue weighted by Gasteiger charge is -2.30. The summed E-state index contributed by atoms with van der Waals surface area (Å²) in [4.78, 5) is 29.8. The minimum Gasteiger partial charge on any atom is -0.495 e. The van der Waals surface area contributed by atoms with Gasteiger partial charge in [-0.1, -0.05) is 18.2 Å². The second-order valence-corrected chi connectivity index (χ2v) is 8.13. The highest BCUT2D eigenvalue weighted by Crippen LogP contribution is 2.35. The molecule has 2 aliphatic heterocycles. The molecule has 0 saturated carbocycles. The van der Waals surface area contributed by atoms with Gasteiger partial charge in [0.15, 0.2) is 0 Å². The standard InChI is InChI=1S/C24H29N3O3/c1-17-10-11-22(30-2)21(14-17)27-16-18(15-23(27)28)24(29)25-19-8-4-5-9-20(19)26-12-6-3-7-13-26/h4-5,8-11,14,18H,3,6-7,12-13,15-16H2,1-2H3,(H,25,29)/t18-/m0/s1. The lowest BCUT2D eigenvalue weighted by molar-refractivity contribution is -0.122. The van der Waals surface area contributed by atoms with Gasteiger partial charge in [0.25, 0.3) is 0 Å². The summed E-state index contributed by atoms with van der Waals surface area (Å²) in [5.74, 6) is 0.0906. The van der Waals surface area contributed by atoms with E-state index < -0.39 is 5.92 Å². The number of methoxy groups -OCH3 is 1. The lowest BCUT2D eigenvalue weighted by Crippen LogP contribution is -2.31. The molecule has 0 unspecified atom stereocenters. The van der Waals surface area contributed by atoms with Gasteiger partial charge in [0, 0.05) is 26.1 Å². The van der Waals surface area contributed by atoms with E-state index in [9.17, 15) is 9.59 Å². The minimum atomic E-state index is -0.392. The Morgan fingerprint density at radius 1 is 1.07 bits per heavy atom. The molecule has 0 bridgehead atoms. The quantitative estimate of drug-likeness (QED) is 0.814. The number of hydrogen-bond donors (Lipinski definition) is 1. The van der Waals surface area contributed by atoms with Crippen LogP contribution < -0.4 is 19.9 Å². The smallest absolute Gasteiger partial charge is 0.229 e. The average molecular weight is 408 g/mol. The number of aryl methyl sites for hydroxylation is 1. The van der Waals surface area contributed by atoms with Crippen LogP contribution in [0.15, 0.2) is 42.5 Å². The molecule has 2 aromatic rings. The number of rotatable bonds is 5. The fourth-order valence-corrected chi connectivity index (χ4v) is 4.35. The predicted octanol–water partition coefficient (Wildman–Crippen LogP) is 3.99. The molecule has 0 aliphatic carbocycles. The highest BCUT2D eigenvalue weighted by molar-refractivity contribution is 6.05. The molecule has 1 atom stereocenters. The molecule has 6 nitrogen and oxygen atoms in total. The highest BCUT2D eigenvalue weighted by Gasteiger charge is 2.36. The van der Waals surface area contributed by atoms with Gasteiger partial charge in [-0.2, -0.15) is 0 Å². The van der Waals surface area contributed by atoms with E-state index in [1.54, 1.807) is 12.0 Å². The van der Waals surface area contributed by atoms with Crippen LogP contribution in [0.3, 0.4) is 0 Å². The third-order valence-corrected chi connectivity index (χ3v) is 5.98. The van der Waals surface area contributed by atoms with Gasteiger partial charge in [-0.3, -0.25) is 9.59 Å². The zero-order valence-electron chi connectivity index (χ0n) is 17.7. The summed E-state index contributed by atoms with van der Waals surface area (Å²) in [5, 5.41) is 3.09. The molecule has 2 heterocycles. The van der Waals surface area contributed by atoms with Gasteiger partial charge >= 0.3 is 0 Å². The third-order valence-electron chi connectivity index (χ3n) is 5.98. The second-order valence-electron chi connectivity index (χ2n) is 8.13. The number of benzene rings is 2. The summed E-state index contributed by atoms with van der Waals surface area (Å²) in [6, 6.07) is 13.7. The summed E-state index contributed by atoms with van der Waals surface area (Å²) in [7, 11) is 1.59. The first-order valence-corrected chi connectivity index (χ1v) is 10.7. The topological polar surface area (TPSA) is 61.9 Å². The van der Waals surface area contributed by atoms with Gasteiger partial charge in [0.05, 0.1) is 30.1 Å². The van der Waals surface area contributed by atoms with E-state index in [0.717, 1.165) is 35.7 Å². The molecule has 30 heavy (non-hydrogen) atoms. The highest BCUT2D eigenvalue weighted by atomic mass is 16.5. The fraction of sp³-hybridized carbons (Fsp3) is 0.417. The van der Waals surface area contributed by atoms with Crippen molar-refractivity contribution in [2.45, 2.75) is 32.6 Å². The third kappa shape index (κ3) is 4.13. The number of anilines is 3. The van der Waals surface area contributed by atoms with Crippen LogP contribution >= 0.6 is 0 Å². The van der Waals surface area contributed by atoms with Gasteiger partial charge < -0.3 is 19.9 Å². The maximum Gasteiger partial charge on any atom is 0.229 e. The van der Waals surface area contributed by atoms with Crippen LogP contribution in [-0.2, 0) is 9.59 Å². The summed E-state index contributed by atoms with van der Waals surface area (Å²) < 4.78 is 5.44. The number of nitrogens with zero attached hydrogens (tertiary/aromatic N) is 2. The average Bonchev–Trinajstić information content (AvgIpc) is 3.16. The van der Waals surface area contributed by atoms with Gasteiger partial charge in [0.1, 0.15) is 5.75 Å². The van der Waals surface area contributed by atoms with E-state index in [1.807, 2.05) is 43.3 Å². The van der Waals surface area contributed by atoms with Crippen molar-refractivity contribution in [3.05, 3.63) is 48.0 Å². The summed E-state index contributed by atoms with van der Waals surface area (Å²) in [6.45, 7) is 4.35. The summed E-state index contributed by atoms with van der Waals surface area (Å²) in [5.41, 5.74) is 3.66. The largest absolute Gasteiger partial charge is 0.495 e. The Morgan fingerprint density at radius 3 is 2.60 bits per heavy atom. The van der Waals surface area contributed by atoms with E-state index in [2.05, 4.69) is 16.3 Å². The molecule has 158 valence electrons. The Labute approximate surface area is 177 Å². The van der Waals surface area contributed by atoms with Crippen molar-refractivity contribution in [3.8, 4) is 5.75 Å². The second kappa shape index (κ2) is 8.78. The van der Waals surface area contributed by atoms with Crippen molar-refractivity contribution in [2.75, 3.05) is 41.9 Å². The normalized spacial score (nSPS) is 19.1. The molecule has 2 amide bonds. The Balaban J connectivity index is 1.50. The Bertz CT molecular complexity index is 937. The van der Waals surface area contributed by atoms with Crippen LogP contribution in [0.4, 0.5) is 17.1 Å². The molecule has 2 aromatic carbocycles. The van der Waals surface area contributed by atoms with Gasteiger partial charge in [-0.25, -0.2) is 0 Å². The zero-order chi connectivity index (χ0) is 21.1. The van der Waals surface area contributed by atoms with Crippen molar-refractivity contribution in [1.29, 1.82) is 0 Å². The Morgan fingerprint density at radius 2 is 1.83 bits per heavy atom. The molecule has 2 saturated heterocycles. The number of carbonyl (C=O) groups is 2. The molecular weight excluding hydrogens is 378 g/mol. The maximum atomic E-state index is 13.1. The van der Waals surface area contributed by atoms with Crippen molar-refractivity contribution >= 4 is 28.9 Å². The molecule has 2 fully saturated rings. The molecule has 4 rings (SSSR count). The van der Waals surface area contributed by atoms with Crippen molar-refractivity contribution in [2.24, 2.45) is 5.92 Å². The van der Waals surface area contributed by atoms with Crippen LogP contribution in [0.1, 0.15) is 31.2 Å². The summed E-state index contributed by atoms with van der Waals surface area (Å²) in [6.07, 6.45) is 3.81. The van der Waals surface area contributed by atoms with Crippen LogP contribution in [-0.4, -0.2) is 38.6 Å². The number of piperidine rings is 1. The van der Waals surface area contributed by atoms with Crippen LogP contribution in [0.2, 0.25) is 0 Å². The number of para-hydroxylation sites is 2. The number of hydrogen-bond acceptors (Lipinski definition) is 4. The molecule has 0 spiro atoms. The number of amides is 2. The first kappa shape index (κ1) is 20.3. The summed E-state index contributed by atoms with van der Waals surface area (Å²) >= 11 is 0. The van der Waals surface area contributed by atoms with Crippen LogP contribution in [0, 0.1) is 12.8 Å².